The summed E-state index contributed by atoms with van der Waals surface area (Å²) in [6.45, 7) is 13.2. The Morgan fingerprint density at radius 1 is 0.919 bits per heavy atom. The Morgan fingerprint density at radius 3 is 2.19 bits per heavy atom. The molecule has 5 aliphatic carbocycles. The summed E-state index contributed by atoms with van der Waals surface area (Å²) in [5.41, 5.74) is -0.888. The molecule has 10 unspecified atom stereocenters. The number of rotatable bonds is 2. The van der Waals surface area contributed by atoms with E-state index < -0.39 is 29.0 Å². The van der Waals surface area contributed by atoms with Gasteiger partial charge in [-0.05, 0) is 104 Å². The smallest absolute Gasteiger partial charge is 0.312 e. The van der Waals surface area contributed by atoms with Gasteiger partial charge in [0.1, 0.15) is 0 Å². The van der Waals surface area contributed by atoms with Crippen LogP contribution in [0.25, 0.3) is 0 Å². The van der Waals surface area contributed by atoms with E-state index in [-0.39, 0.29) is 33.5 Å². The first-order chi connectivity index (χ1) is 17.0. The monoisotopic (exact) mass is 516 g/mol. The number of fused-ring (bicyclic) bond motifs is 7. The average molecular weight is 517 g/mol. The number of carboxylic acids is 1. The van der Waals surface area contributed by atoms with Crippen molar-refractivity contribution in [1.29, 1.82) is 0 Å². The molecule has 6 heteroatoms. The second kappa shape index (κ2) is 8.06. The third kappa shape index (κ3) is 3.24. The number of carbonyl (C=O) groups is 2. The SMILES string of the molecule is COC(=O)C12CCC(C)(C(=O)O)CC1C1=CCC3C4(C)CC(O)C(O)C(C)(C)C4CCC3(C)C1(C)CC2. The number of allylic oxidation sites excluding steroid dienone is 2. The van der Waals surface area contributed by atoms with Gasteiger partial charge in [0.05, 0.1) is 30.1 Å². The number of hydrogen-bond donors (Lipinski definition) is 3. The highest BCUT2D eigenvalue weighted by atomic mass is 16.5. The van der Waals surface area contributed by atoms with E-state index in [9.17, 15) is 24.9 Å². The first-order valence-corrected chi connectivity index (χ1v) is 14.4. The zero-order valence-corrected chi connectivity index (χ0v) is 23.9. The van der Waals surface area contributed by atoms with E-state index in [0.29, 0.717) is 37.5 Å². The van der Waals surface area contributed by atoms with E-state index in [0.717, 1.165) is 32.1 Å². The van der Waals surface area contributed by atoms with Gasteiger partial charge in [0.15, 0.2) is 0 Å². The molecule has 5 aliphatic rings. The number of methoxy groups -OCH3 is 1. The standard InChI is InChI=1S/C31H48O6/c1-26(2)21-10-11-30(6)22(28(21,4)17-20(32)23(26)33)9-8-18-19-16-27(3,24(34)35)12-14-31(19,25(36)37-7)15-13-29(18,30)5/h8,19-23,32-33H,9-17H2,1-7H3,(H,34,35). The van der Waals surface area contributed by atoms with Gasteiger partial charge in [0.2, 0.25) is 0 Å². The van der Waals surface area contributed by atoms with Crippen molar-refractivity contribution in [3.63, 3.8) is 0 Å². The molecule has 3 N–H and O–H groups in total. The van der Waals surface area contributed by atoms with E-state index >= 15 is 0 Å². The fourth-order valence-electron chi connectivity index (χ4n) is 11.0. The predicted molar refractivity (Wildman–Crippen MR) is 140 cm³/mol. The van der Waals surface area contributed by atoms with Crippen LogP contribution >= 0.6 is 0 Å². The maximum absolute atomic E-state index is 13.4. The molecule has 6 nitrogen and oxygen atoms in total. The first-order valence-electron chi connectivity index (χ1n) is 14.4. The van der Waals surface area contributed by atoms with Gasteiger partial charge < -0.3 is 20.1 Å². The Balaban J connectivity index is 1.62. The summed E-state index contributed by atoms with van der Waals surface area (Å²) in [4.78, 5) is 25.7. The maximum Gasteiger partial charge on any atom is 0.312 e. The molecule has 4 fully saturated rings. The van der Waals surface area contributed by atoms with Gasteiger partial charge in [-0.25, -0.2) is 0 Å². The van der Waals surface area contributed by atoms with Crippen molar-refractivity contribution in [2.24, 2.45) is 50.2 Å². The number of aliphatic hydroxyl groups is 2. The Labute approximate surface area is 222 Å². The minimum Gasteiger partial charge on any atom is -0.481 e. The lowest BCUT2D eigenvalue weighted by Crippen LogP contribution is -2.67. The summed E-state index contributed by atoms with van der Waals surface area (Å²) in [5.74, 6) is -0.426. The molecule has 0 amide bonds. The van der Waals surface area contributed by atoms with Crippen LogP contribution in [-0.4, -0.2) is 46.6 Å². The molecule has 10 atom stereocenters. The van der Waals surface area contributed by atoms with Crippen LogP contribution in [0.4, 0.5) is 0 Å². The summed E-state index contributed by atoms with van der Waals surface area (Å²) in [7, 11) is 1.46. The lowest BCUT2D eigenvalue weighted by atomic mass is 9.33. The van der Waals surface area contributed by atoms with Gasteiger partial charge in [-0.15, -0.1) is 0 Å². The van der Waals surface area contributed by atoms with E-state index in [2.05, 4.69) is 40.7 Å². The molecule has 0 heterocycles. The number of aliphatic carboxylic acids is 1. The molecule has 0 aromatic carbocycles. The largest absolute Gasteiger partial charge is 0.481 e. The average Bonchev–Trinajstić information content (AvgIpc) is 2.82. The Morgan fingerprint density at radius 2 is 1.57 bits per heavy atom. The number of ether oxygens (including phenoxy) is 1. The molecular weight excluding hydrogens is 468 g/mol. The molecule has 0 spiro atoms. The predicted octanol–water partition coefficient (Wildman–Crippen LogP) is 5.36. The van der Waals surface area contributed by atoms with Crippen LogP contribution in [0.3, 0.4) is 0 Å². The number of aliphatic hydroxyl groups excluding tert-OH is 2. The van der Waals surface area contributed by atoms with Gasteiger partial charge >= 0.3 is 11.9 Å². The highest BCUT2D eigenvalue weighted by molar-refractivity contribution is 5.80. The topological polar surface area (TPSA) is 104 Å². The zero-order valence-electron chi connectivity index (χ0n) is 23.9. The first kappa shape index (κ1) is 27.2. The van der Waals surface area contributed by atoms with Gasteiger partial charge in [-0.1, -0.05) is 46.3 Å². The normalized spacial score (nSPS) is 52.5. The third-order valence-electron chi connectivity index (χ3n) is 13.5. The summed E-state index contributed by atoms with van der Waals surface area (Å²) < 4.78 is 5.39. The summed E-state index contributed by atoms with van der Waals surface area (Å²) in [5, 5.41) is 32.1. The van der Waals surface area contributed by atoms with Crippen LogP contribution < -0.4 is 0 Å². The number of hydrogen-bond acceptors (Lipinski definition) is 5. The van der Waals surface area contributed by atoms with E-state index in [4.69, 9.17) is 4.74 Å². The molecular formula is C31H48O6. The maximum atomic E-state index is 13.4. The summed E-state index contributed by atoms with van der Waals surface area (Å²) in [6.07, 6.45) is 7.56. The second-order valence-corrected chi connectivity index (χ2v) is 15.1. The van der Waals surface area contributed by atoms with Gasteiger partial charge in [0, 0.05) is 0 Å². The quantitative estimate of drug-likeness (QED) is 0.337. The van der Waals surface area contributed by atoms with Crippen molar-refractivity contribution in [3.05, 3.63) is 11.6 Å². The number of carbonyl (C=O) groups excluding carboxylic acids is 1. The van der Waals surface area contributed by atoms with Crippen LogP contribution in [0.5, 0.6) is 0 Å². The summed E-state index contributed by atoms with van der Waals surface area (Å²) >= 11 is 0. The van der Waals surface area contributed by atoms with E-state index in [1.807, 2.05) is 6.92 Å². The molecule has 0 aliphatic heterocycles. The minimum absolute atomic E-state index is 0.0419. The Hall–Kier alpha value is -1.40. The van der Waals surface area contributed by atoms with Crippen LogP contribution in [0, 0.1) is 50.2 Å². The van der Waals surface area contributed by atoms with Crippen molar-refractivity contribution < 1.29 is 29.6 Å². The molecule has 0 bridgehead atoms. The third-order valence-corrected chi connectivity index (χ3v) is 13.5. The van der Waals surface area contributed by atoms with Crippen molar-refractivity contribution >= 4 is 11.9 Å². The van der Waals surface area contributed by atoms with Crippen molar-refractivity contribution in [1.82, 2.24) is 0 Å². The van der Waals surface area contributed by atoms with Crippen LogP contribution in [0.2, 0.25) is 0 Å². The Bertz CT molecular complexity index is 1030. The zero-order chi connectivity index (χ0) is 27.4. The molecule has 5 rings (SSSR count). The molecule has 0 saturated heterocycles. The molecule has 0 aromatic rings. The van der Waals surface area contributed by atoms with Gasteiger partial charge in [0.25, 0.3) is 0 Å². The van der Waals surface area contributed by atoms with Crippen molar-refractivity contribution in [2.45, 2.75) is 112 Å². The van der Waals surface area contributed by atoms with Gasteiger partial charge in [-0.2, -0.15) is 0 Å². The molecule has 0 radical (unpaired) electrons. The lowest BCUT2D eigenvalue weighted by molar-refractivity contribution is -0.232. The van der Waals surface area contributed by atoms with Crippen molar-refractivity contribution in [2.75, 3.05) is 7.11 Å². The van der Waals surface area contributed by atoms with Gasteiger partial charge in [-0.3, -0.25) is 9.59 Å². The Kier molecular flexibility index (Phi) is 5.92. The highest BCUT2D eigenvalue weighted by Gasteiger charge is 2.70. The fourth-order valence-corrected chi connectivity index (χ4v) is 11.0. The summed E-state index contributed by atoms with van der Waals surface area (Å²) in [6, 6.07) is 0. The van der Waals surface area contributed by atoms with Crippen LogP contribution in [-0.2, 0) is 14.3 Å². The minimum atomic E-state index is -0.851. The number of carboxylic acid groups (broad SMARTS) is 1. The fraction of sp³-hybridized carbons (Fsp3) is 0.871. The molecule has 0 aromatic heterocycles. The van der Waals surface area contributed by atoms with E-state index in [1.54, 1.807) is 0 Å². The second-order valence-electron chi connectivity index (χ2n) is 15.1. The highest BCUT2D eigenvalue weighted by Crippen LogP contribution is 2.75. The van der Waals surface area contributed by atoms with Crippen LogP contribution in [0.1, 0.15) is 99.3 Å². The molecule has 208 valence electrons. The van der Waals surface area contributed by atoms with E-state index in [1.165, 1.54) is 12.7 Å². The molecule has 37 heavy (non-hydrogen) atoms. The molecule has 4 saturated carbocycles. The lowest BCUT2D eigenvalue weighted by Gasteiger charge is -2.71. The van der Waals surface area contributed by atoms with Crippen LogP contribution in [0.15, 0.2) is 11.6 Å². The van der Waals surface area contributed by atoms with Crippen molar-refractivity contribution in [3.8, 4) is 0 Å². The number of esters is 1.